The molecule has 0 aliphatic carbocycles. The highest BCUT2D eigenvalue weighted by Gasteiger charge is 2.29. The molecular formula is C19H36N10O7. The average molecular weight is 517 g/mol. The van der Waals surface area contributed by atoms with Gasteiger partial charge in [-0.1, -0.05) is 0 Å². The number of amides is 3. The molecule has 0 fully saturated rings. The van der Waals surface area contributed by atoms with Crippen LogP contribution in [-0.4, -0.2) is 89.0 Å². The molecule has 0 radical (unpaired) electrons. The second-order valence-corrected chi connectivity index (χ2v) is 7.79. The third-order valence-electron chi connectivity index (χ3n) is 4.62. The fourth-order valence-electron chi connectivity index (χ4n) is 2.75. The molecule has 15 N–H and O–H groups in total. The van der Waals surface area contributed by atoms with Crippen LogP contribution in [-0.2, 0) is 24.0 Å². The highest BCUT2D eigenvalue weighted by atomic mass is 16.4. The number of nitrogens with zero attached hydrogens (tertiary/aromatic N) is 2. The van der Waals surface area contributed by atoms with Gasteiger partial charge in [-0.3, -0.25) is 34.0 Å². The van der Waals surface area contributed by atoms with Crippen LogP contribution in [0.3, 0.4) is 0 Å². The fraction of sp³-hybridized carbons (Fsp3) is 0.632. The third kappa shape index (κ3) is 14.2. The normalized spacial score (nSPS) is 13.7. The first-order valence-electron chi connectivity index (χ1n) is 11.0. The predicted octanol–water partition coefficient (Wildman–Crippen LogP) is -4.55. The Morgan fingerprint density at radius 1 is 0.750 bits per heavy atom. The summed E-state index contributed by atoms with van der Waals surface area (Å²) in [5.74, 6) is -5.40. The number of hydrogen-bond acceptors (Lipinski definition) is 8. The van der Waals surface area contributed by atoms with Crippen molar-refractivity contribution in [2.24, 2.45) is 38.7 Å². The van der Waals surface area contributed by atoms with Crippen molar-refractivity contribution in [1.29, 1.82) is 0 Å². The van der Waals surface area contributed by atoms with Gasteiger partial charge >= 0.3 is 11.9 Å². The Hall–Kier alpha value is -4.15. The highest BCUT2D eigenvalue weighted by molar-refractivity contribution is 5.94. The Balaban J connectivity index is 5.58. The topological polar surface area (TPSA) is 317 Å². The van der Waals surface area contributed by atoms with Crippen molar-refractivity contribution >= 4 is 41.6 Å². The average Bonchev–Trinajstić information content (AvgIpc) is 2.76. The molecule has 17 heteroatoms. The number of carbonyl (C=O) groups excluding carboxylic acids is 3. The van der Waals surface area contributed by atoms with E-state index in [1.807, 2.05) is 0 Å². The van der Waals surface area contributed by atoms with Gasteiger partial charge in [-0.2, -0.15) is 0 Å². The molecule has 204 valence electrons. The molecular weight excluding hydrogens is 480 g/mol. The molecule has 0 aromatic carbocycles. The van der Waals surface area contributed by atoms with E-state index in [0.717, 1.165) is 0 Å². The summed E-state index contributed by atoms with van der Waals surface area (Å²) >= 11 is 0. The Kier molecular flexibility index (Phi) is 14.6. The van der Waals surface area contributed by atoms with Gasteiger partial charge < -0.3 is 54.8 Å². The molecule has 0 heterocycles. The van der Waals surface area contributed by atoms with Crippen LogP contribution in [0.4, 0.5) is 0 Å². The monoisotopic (exact) mass is 516 g/mol. The maximum atomic E-state index is 13.0. The van der Waals surface area contributed by atoms with Crippen LogP contribution in [0.1, 0.15) is 39.0 Å². The third-order valence-corrected chi connectivity index (χ3v) is 4.62. The summed E-state index contributed by atoms with van der Waals surface area (Å²) in [6, 6.07) is -5.08. The zero-order valence-electron chi connectivity index (χ0n) is 20.0. The van der Waals surface area contributed by atoms with E-state index in [0.29, 0.717) is 0 Å². The molecule has 36 heavy (non-hydrogen) atoms. The van der Waals surface area contributed by atoms with Crippen LogP contribution >= 0.6 is 0 Å². The molecule has 0 rings (SSSR count). The SMILES string of the molecule is CC(NC(=O)C(CCCN=C(N)N)NC(=O)C(CCCN=C(N)N)NC(=O)C(N)CC(=O)O)C(=O)O. The van der Waals surface area contributed by atoms with E-state index in [1.165, 1.54) is 6.92 Å². The number of nitrogens with two attached hydrogens (primary N) is 5. The van der Waals surface area contributed by atoms with Crippen molar-refractivity contribution in [2.75, 3.05) is 13.1 Å². The molecule has 0 bridgehead atoms. The number of guanidine groups is 2. The van der Waals surface area contributed by atoms with Gasteiger partial charge in [-0.05, 0) is 32.6 Å². The van der Waals surface area contributed by atoms with Crippen molar-refractivity contribution in [3.05, 3.63) is 0 Å². The van der Waals surface area contributed by atoms with Gasteiger partial charge in [0.15, 0.2) is 11.9 Å². The van der Waals surface area contributed by atoms with Gasteiger partial charge in [-0.25, -0.2) is 0 Å². The molecule has 17 nitrogen and oxygen atoms in total. The predicted molar refractivity (Wildman–Crippen MR) is 129 cm³/mol. The minimum absolute atomic E-state index is 0.0159. The summed E-state index contributed by atoms with van der Waals surface area (Å²) in [5.41, 5.74) is 26.6. The summed E-state index contributed by atoms with van der Waals surface area (Å²) in [6.45, 7) is 1.51. The second kappa shape index (κ2) is 16.5. The van der Waals surface area contributed by atoms with Gasteiger partial charge in [0.25, 0.3) is 0 Å². The fourth-order valence-corrected chi connectivity index (χ4v) is 2.75. The number of rotatable bonds is 17. The summed E-state index contributed by atoms with van der Waals surface area (Å²) in [4.78, 5) is 67.5. The first-order valence-corrected chi connectivity index (χ1v) is 11.0. The van der Waals surface area contributed by atoms with Crippen LogP contribution in [0.15, 0.2) is 9.98 Å². The lowest BCUT2D eigenvalue weighted by Gasteiger charge is -2.24. The van der Waals surface area contributed by atoms with Crippen molar-refractivity contribution in [2.45, 2.75) is 63.2 Å². The van der Waals surface area contributed by atoms with E-state index in [1.54, 1.807) is 0 Å². The number of aliphatic carboxylic acids is 2. The Morgan fingerprint density at radius 3 is 1.56 bits per heavy atom. The first kappa shape index (κ1) is 31.9. The smallest absolute Gasteiger partial charge is 0.325 e. The Morgan fingerprint density at radius 2 is 1.17 bits per heavy atom. The standard InChI is InChI=1S/C19H36N10O7/c1-9(17(35)36)27-15(33)11(4-2-6-25-18(21)22)29-16(34)12(5-3-7-26-19(23)24)28-14(32)10(20)8-13(30)31/h9-12H,2-8,20H2,1H3,(H,27,33)(H,28,32)(H,29,34)(H,30,31)(H,35,36)(H4,21,22,25)(H4,23,24,26). The largest absolute Gasteiger partial charge is 0.481 e. The number of aliphatic imine (C=N–C) groups is 2. The van der Waals surface area contributed by atoms with Gasteiger partial charge in [0.2, 0.25) is 17.7 Å². The lowest BCUT2D eigenvalue weighted by molar-refractivity contribution is -0.141. The Labute approximate surface area is 207 Å². The zero-order valence-corrected chi connectivity index (χ0v) is 20.0. The van der Waals surface area contributed by atoms with Gasteiger partial charge in [-0.15, -0.1) is 0 Å². The maximum Gasteiger partial charge on any atom is 0.325 e. The molecule has 0 aromatic rings. The number of carbonyl (C=O) groups is 5. The molecule has 0 saturated heterocycles. The van der Waals surface area contributed by atoms with E-state index >= 15 is 0 Å². The van der Waals surface area contributed by atoms with Gasteiger partial charge in [0.1, 0.15) is 18.1 Å². The van der Waals surface area contributed by atoms with Gasteiger partial charge in [0.05, 0.1) is 12.5 Å². The van der Waals surface area contributed by atoms with E-state index < -0.39 is 60.2 Å². The minimum atomic E-state index is -1.43. The van der Waals surface area contributed by atoms with Crippen LogP contribution < -0.4 is 44.6 Å². The molecule has 3 amide bonds. The van der Waals surface area contributed by atoms with E-state index in [-0.39, 0.29) is 50.7 Å². The summed E-state index contributed by atoms with van der Waals surface area (Å²) in [5, 5.41) is 25.0. The summed E-state index contributed by atoms with van der Waals surface area (Å²) in [6.07, 6.45) is -0.127. The van der Waals surface area contributed by atoms with Crippen LogP contribution in [0.2, 0.25) is 0 Å². The van der Waals surface area contributed by atoms with Crippen LogP contribution in [0.5, 0.6) is 0 Å². The summed E-state index contributed by atoms with van der Waals surface area (Å²) < 4.78 is 0. The molecule has 0 aliphatic rings. The molecule has 4 unspecified atom stereocenters. The van der Waals surface area contributed by atoms with Crippen LogP contribution in [0, 0.1) is 0 Å². The molecule has 4 atom stereocenters. The first-order chi connectivity index (χ1) is 16.7. The Bertz CT molecular complexity index is 840. The van der Waals surface area contributed by atoms with Gasteiger partial charge in [0, 0.05) is 13.1 Å². The second-order valence-electron chi connectivity index (χ2n) is 7.79. The van der Waals surface area contributed by atoms with E-state index in [4.69, 9.17) is 38.9 Å². The maximum absolute atomic E-state index is 13.0. The molecule has 0 aliphatic heterocycles. The summed E-state index contributed by atoms with van der Waals surface area (Å²) in [7, 11) is 0. The minimum Gasteiger partial charge on any atom is -0.481 e. The molecule has 0 saturated carbocycles. The van der Waals surface area contributed by atoms with E-state index in [2.05, 4.69) is 25.9 Å². The number of carboxylic acids is 2. The van der Waals surface area contributed by atoms with Crippen LogP contribution in [0.25, 0.3) is 0 Å². The van der Waals surface area contributed by atoms with Crippen molar-refractivity contribution < 1.29 is 34.2 Å². The quantitative estimate of drug-likeness (QED) is 0.0496. The molecule has 0 aromatic heterocycles. The lowest BCUT2D eigenvalue weighted by Crippen LogP contribution is -2.57. The number of carboxylic acid groups (broad SMARTS) is 2. The highest BCUT2D eigenvalue weighted by Crippen LogP contribution is 2.05. The number of nitrogens with one attached hydrogen (secondary N) is 3. The lowest BCUT2D eigenvalue weighted by atomic mass is 10.1. The zero-order chi connectivity index (χ0) is 27.8. The molecule has 0 spiro atoms. The van der Waals surface area contributed by atoms with Crippen molar-refractivity contribution in [3.63, 3.8) is 0 Å². The number of hydrogen-bond donors (Lipinski definition) is 10. The van der Waals surface area contributed by atoms with Crippen molar-refractivity contribution in [1.82, 2.24) is 16.0 Å². The van der Waals surface area contributed by atoms with E-state index in [9.17, 15) is 24.0 Å². The van der Waals surface area contributed by atoms with Crippen molar-refractivity contribution in [3.8, 4) is 0 Å².